The molecule has 0 aliphatic carbocycles. The molecule has 0 bridgehead atoms. The number of aryl methyl sites for hydroxylation is 2. The number of halogens is 1. The van der Waals surface area contributed by atoms with Gasteiger partial charge in [-0.3, -0.25) is 24.0 Å². The van der Waals surface area contributed by atoms with Gasteiger partial charge in [0, 0.05) is 15.9 Å². The standard InChI is InChI=1S/C32H45FN6O6S2/c1-16-11-20(40)12-17(2)21(16)14-22(34)28(43)39-26(32(5,6)47)30(45)36-15-24(41)37-23(13-18-7-9-19(33)10-8-18)29(44)38-25(27(35)42)31(3,4)46/h7-12,22-23,25-26,40,46-47H,13-15,34H2,1-6H3,(H2,35,42)(H,36,45)(H,37,41)(H,38,44)(H,39,43)/t22-,23-,25-,26-/m0/s1. The number of phenolic OH excluding ortho intramolecular Hbond substituents is 1. The van der Waals surface area contributed by atoms with Crippen molar-refractivity contribution in [2.24, 2.45) is 11.5 Å². The van der Waals surface area contributed by atoms with Crippen molar-refractivity contribution in [1.82, 2.24) is 21.3 Å². The molecule has 47 heavy (non-hydrogen) atoms. The van der Waals surface area contributed by atoms with Crippen LogP contribution in [0.5, 0.6) is 5.75 Å². The zero-order chi connectivity index (χ0) is 35.9. The Hall–Kier alpha value is -3.82. The van der Waals surface area contributed by atoms with E-state index in [1.54, 1.807) is 53.7 Å². The molecular formula is C32H45FN6O6S2. The molecule has 0 aliphatic rings. The van der Waals surface area contributed by atoms with Crippen LogP contribution >= 0.6 is 25.3 Å². The number of hydrogen-bond donors (Lipinski definition) is 9. The molecule has 0 aromatic heterocycles. The minimum atomic E-state index is -1.25. The van der Waals surface area contributed by atoms with Gasteiger partial charge in [0.2, 0.25) is 29.5 Å². The minimum Gasteiger partial charge on any atom is -0.508 e. The van der Waals surface area contributed by atoms with E-state index in [9.17, 15) is 33.5 Å². The zero-order valence-electron chi connectivity index (χ0n) is 27.3. The molecule has 0 spiro atoms. The van der Waals surface area contributed by atoms with Crippen LogP contribution in [-0.2, 0) is 36.8 Å². The summed E-state index contributed by atoms with van der Waals surface area (Å²) in [6.45, 7) is 9.34. The Bertz CT molecular complexity index is 1450. The molecule has 0 saturated heterocycles. The Morgan fingerprint density at radius 1 is 0.830 bits per heavy atom. The second kappa shape index (κ2) is 16.3. The van der Waals surface area contributed by atoms with Crippen molar-refractivity contribution >= 4 is 54.8 Å². The second-order valence-electron chi connectivity index (χ2n) is 12.6. The van der Waals surface area contributed by atoms with Crippen molar-refractivity contribution in [3.05, 3.63) is 64.5 Å². The number of carbonyl (C=O) groups is 5. The Kier molecular flexibility index (Phi) is 13.7. The van der Waals surface area contributed by atoms with Crippen molar-refractivity contribution in [2.75, 3.05) is 6.54 Å². The van der Waals surface area contributed by atoms with E-state index < -0.39 is 75.6 Å². The first-order chi connectivity index (χ1) is 21.6. The van der Waals surface area contributed by atoms with Crippen LogP contribution in [0.15, 0.2) is 36.4 Å². The lowest BCUT2D eigenvalue weighted by Crippen LogP contribution is -2.61. The molecule has 2 aromatic carbocycles. The summed E-state index contributed by atoms with van der Waals surface area (Å²) in [5.41, 5.74) is 14.5. The molecule has 5 amide bonds. The third-order valence-electron chi connectivity index (χ3n) is 7.40. The first-order valence-corrected chi connectivity index (χ1v) is 15.7. The molecule has 0 heterocycles. The van der Waals surface area contributed by atoms with E-state index in [-0.39, 0.29) is 18.6 Å². The van der Waals surface area contributed by atoms with Gasteiger partial charge in [0.1, 0.15) is 29.7 Å². The lowest BCUT2D eigenvalue weighted by Gasteiger charge is -2.31. The fraction of sp³-hybridized carbons (Fsp3) is 0.469. The third-order valence-corrected chi connectivity index (χ3v) is 7.92. The summed E-state index contributed by atoms with van der Waals surface area (Å²) in [7, 11) is 0. The number of thiol groups is 2. The lowest BCUT2D eigenvalue weighted by atomic mass is 9.95. The van der Waals surface area contributed by atoms with Crippen LogP contribution in [0, 0.1) is 19.7 Å². The van der Waals surface area contributed by atoms with E-state index in [1.807, 2.05) is 0 Å². The van der Waals surface area contributed by atoms with E-state index in [1.165, 1.54) is 24.3 Å². The molecule has 0 saturated carbocycles. The van der Waals surface area contributed by atoms with Crippen molar-refractivity contribution in [3.63, 3.8) is 0 Å². The van der Waals surface area contributed by atoms with Crippen LogP contribution < -0.4 is 32.7 Å². The Morgan fingerprint density at radius 3 is 1.83 bits per heavy atom. The number of aromatic hydroxyl groups is 1. The number of phenols is 1. The minimum absolute atomic E-state index is 0.0789. The highest BCUT2D eigenvalue weighted by atomic mass is 32.1. The summed E-state index contributed by atoms with van der Waals surface area (Å²) in [6.07, 6.45) is 0.0660. The van der Waals surface area contributed by atoms with Gasteiger partial charge >= 0.3 is 0 Å². The van der Waals surface area contributed by atoms with Gasteiger partial charge in [-0.1, -0.05) is 12.1 Å². The third kappa shape index (κ3) is 12.0. The molecule has 2 aromatic rings. The van der Waals surface area contributed by atoms with Crippen molar-refractivity contribution in [1.29, 1.82) is 0 Å². The smallest absolute Gasteiger partial charge is 0.244 e. The van der Waals surface area contributed by atoms with Crippen LogP contribution in [0.1, 0.15) is 49.9 Å². The van der Waals surface area contributed by atoms with Crippen LogP contribution in [0.3, 0.4) is 0 Å². The fourth-order valence-electron chi connectivity index (χ4n) is 4.84. The van der Waals surface area contributed by atoms with E-state index in [0.29, 0.717) is 5.56 Å². The predicted molar refractivity (Wildman–Crippen MR) is 183 cm³/mol. The van der Waals surface area contributed by atoms with Gasteiger partial charge in [-0.25, -0.2) is 4.39 Å². The first-order valence-electron chi connectivity index (χ1n) is 14.8. The molecule has 2 rings (SSSR count). The molecule has 0 aliphatic heterocycles. The number of rotatable bonds is 15. The van der Waals surface area contributed by atoms with E-state index >= 15 is 0 Å². The SMILES string of the molecule is Cc1cc(O)cc(C)c1C[C@H](N)C(=O)N[C@@H](C(=O)NCC(=O)N[C@@H](Cc1ccc(F)cc1)C(=O)N[C@@H](C(N)=O)C(C)(C)S)C(C)(C)S. The van der Waals surface area contributed by atoms with Crippen LogP contribution in [0.25, 0.3) is 0 Å². The highest BCUT2D eigenvalue weighted by Gasteiger charge is 2.36. The van der Waals surface area contributed by atoms with Crippen molar-refractivity contribution < 1.29 is 33.5 Å². The highest BCUT2D eigenvalue weighted by molar-refractivity contribution is 7.82. The fourth-order valence-corrected chi connectivity index (χ4v) is 5.21. The van der Waals surface area contributed by atoms with Gasteiger partial charge < -0.3 is 37.8 Å². The van der Waals surface area contributed by atoms with E-state index in [0.717, 1.165) is 16.7 Å². The van der Waals surface area contributed by atoms with Gasteiger partial charge in [0.05, 0.1) is 12.6 Å². The Morgan fingerprint density at radius 2 is 1.34 bits per heavy atom. The molecular weight excluding hydrogens is 648 g/mol. The van der Waals surface area contributed by atoms with Crippen molar-refractivity contribution in [2.45, 2.75) is 88.0 Å². The van der Waals surface area contributed by atoms with Crippen LogP contribution in [0.2, 0.25) is 0 Å². The largest absolute Gasteiger partial charge is 0.508 e. The van der Waals surface area contributed by atoms with Crippen LogP contribution in [-0.4, -0.2) is 74.8 Å². The number of primary amides is 1. The molecule has 4 atom stereocenters. The average Bonchev–Trinajstić information content (AvgIpc) is 2.94. The summed E-state index contributed by atoms with van der Waals surface area (Å²) in [5.74, 6) is -4.12. The summed E-state index contributed by atoms with van der Waals surface area (Å²) in [5, 5.41) is 19.9. The summed E-state index contributed by atoms with van der Waals surface area (Å²) < 4.78 is 11.4. The topological polar surface area (TPSA) is 206 Å². The average molecular weight is 693 g/mol. The number of hydrogen-bond acceptors (Lipinski definition) is 9. The van der Waals surface area contributed by atoms with Crippen LogP contribution in [0.4, 0.5) is 4.39 Å². The summed E-state index contributed by atoms with van der Waals surface area (Å²) in [4.78, 5) is 64.6. The van der Waals surface area contributed by atoms with Gasteiger partial charge in [0.15, 0.2) is 0 Å². The molecule has 0 radical (unpaired) electrons. The lowest BCUT2D eigenvalue weighted by molar-refractivity contribution is -0.133. The monoisotopic (exact) mass is 692 g/mol. The van der Waals surface area contributed by atoms with Gasteiger partial charge in [-0.2, -0.15) is 25.3 Å². The number of carbonyl (C=O) groups excluding carboxylic acids is 5. The zero-order valence-corrected chi connectivity index (χ0v) is 29.1. The Balaban J connectivity index is 2.15. The Labute approximate surface area is 285 Å². The maximum atomic E-state index is 13.5. The maximum absolute atomic E-state index is 13.5. The number of amides is 5. The highest BCUT2D eigenvalue weighted by Crippen LogP contribution is 2.23. The number of benzene rings is 2. The molecule has 258 valence electrons. The summed E-state index contributed by atoms with van der Waals surface area (Å²) in [6, 6.07) is 3.71. The molecule has 15 heteroatoms. The number of nitrogens with two attached hydrogens (primary N) is 2. The second-order valence-corrected chi connectivity index (χ2v) is 14.9. The molecule has 0 unspecified atom stereocenters. The van der Waals surface area contributed by atoms with Gasteiger partial charge in [-0.05, 0) is 94.5 Å². The van der Waals surface area contributed by atoms with E-state index in [2.05, 4.69) is 46.5 Å². The first kappa shape index (κ1) is 39.4. The number of nitrogens with one attached hydrogen (secondary N) is 4. The molecule has 12 nitrogen and oxygen atoms in total. The molecule has 0 fully saturated rings. The predicted octanol–water partition coefficient (Wildman–Crippen LogP) is 0.733. The normalized spacial score (nSPS) is 14.3. The van der Waals surface area contributed by atoms with E-state index in [4.69, 9.17) is 11.5 Å². The van der Waals surface area contributed by atoms with Crippen molar-refractivity contribution in [3.8, 4) is 5.75 Å². The maximum Gasteiger partial charge on any atom is 0.244 e. The van der Waals surface area contributed by atoms with Gasteiger partial charge in [0.25, 0.3) is 0 Å². The van der Waals surface area contributed by atoms with Gasteiger partial charge in [-0.15, -0.1) is 0 Å². The quantitative estimate of drug-likeness (QED) is 0.122. The summed E-state index contributed by atoms with van der Waals surface area (Å²) >= 11 is 8.81. The molecule has 9 N–H and O–H groups in total.